The lowest BCUT2D eigenvalue weighted by molar-refractivity contribution is -0.181. The van der Waals surface area contributed by atoms with Gasteiger partial charge in [-0.05, 0) is 74.1 Å². The van der Waals surface area contributed by atoms with Crippen LogP contribution in [0.4, 0.5) is 4.79 Å². The average molecular weight is 545 g/mol. The predicted octanol–water partition coefficient (Wildman–Crippen LogP) is 5.46. The monoisotopic (exact) mass is 544 g/mol. The van der Waals surface area contributed by atoms with Gasteiger partial charge in [-0.2, -0.15) is 0 Å². The molecule has 1 heterocycles. The van der Waals surface area contributed by atoms with Gasteiger partial charge in [-0.1, -0.05) is 54.6 Å². The summed E-state index contributed by atoms with van der Waals surface area (Å²) in [5.74, 6) is 0.478. The summed E-state index contributed by atoms with van der Waals surface area (Å²) in [6.07, 6.45) is 1.81. The Labute approximate surface area is 235 Å². The van der Waals surface area contributed by atoms with Crippen LogP contribution in [0.3, 0.4) is 0 Å². The van der Waals surface area contributed by atoms with Crippen molar-refractivity contribution in [2.45, 2.75) is 51.8 Å². The second kappa shape index (κ2) is 12.7. The Bertz CT molecular complexity index is 1310. The first-order chi connectivity index (χ1) is 19.3. The van der Waals surface area contributed by atoms with E-state index in [1.165, 1.54) is 0 Å². The van der Waals surface area contributed by atoms with Crippen LogP contribution in [0.25, 0.3) is 0 Å². The smallest absolute Gasteiger partial charge is 0.330 e. The average Bonchev–Trinajstić information content (AvgIpc) is 2.99. The number of urea groups is 1. The molecule has 0 radical (unpaired) electrons. The molecule has 0 aromatic heterocycles. The van der Waals surface area contributed by atoms with Crippen LogP contribution in [0.15, 0.2) is 78.9 Å². The van der Waals surface area contributed by atoms with Gasteiger partial charge in [-0.3, -0.25) is 4.79 Å². The predicted molar refractivity (Wildman–Crippen MR) is 151 cm³/mol. The van der Waals surface area contributed by atoms with Crippen molar-refractivity contribution < 1.29 is 28.6 Å². The Morgan fingerprint density at radius 3 is 2.05 bits per heavy atom. The Morgan fingerprint density at radius 1 is 0.900 bits per heavy atom. The normalized spacial score (nSPS) is 18.9. The maximum atomic E-state index is 13.5. The van der Waals surface area contributed by atoms with Gasteiger partial charge in [-0.15, -0.1) is 0 Å². The molecule has 3 amide bonds. The molecule has 3 aromatic rings. The molecule has 3 aromatic carbocycles. The minimum absolute atomic E-state index is 0.0192. The molecule has 1 fully saturated rings. The van der Waals surface area contributed by atoms with Crippen molar-refractivity contribution in [3.05, 3.63) is 95.6 Å². The van der Waals surface area contributed by atoms with Gasteiger partial charge in [0.15, 0.2) is 6.04 Å². The highest BCUT2D eigenvalue weighted by atomic mass is 16.5. The lowest BCUT2D eigenvalue weighted by atomic mass is 9.68. The van der Waals surface area contributed by atoms with E-state index in [4.69, 9.17) is 14.2 Å². The number of aryl methyl sites for hydroxylation is 1. The number of amides is 3. The first-order valence-corrected chi connectivity index (χ1v) is 13.4. The molecular formula is C32H36N2O6. The van der Waals surface area contributed by atoms with Crippen LogP contribution in [0.1, 0.15) is 49.4 Å². The third-order valence-electron chi connectivity index (χ3n) is 7.51. The van der Waals surface area contributed by atoms with Crippen LogP contribution in [-0.4, -0.2) is 43.1 Å². The molecule has 0 bridgehead atoms. The minimum atomic E-state index is -1.06. The van der Waals surface area contributed by atoms with Gasteiger partial charge in [0.1, 0.15) is 18.1 Å². The number of hydrogen-bond donors (Lipinski definition) is 1. The molecule has 4 rings (SSSR count). The Hall–Kier alpha value is -4.33. The number of benzene rings is 3. The van der Waals surface area contributed by atoms with E-state index in [2.05, 4.69) is 5.32 Å². The van der Waals surface area contributed by atoms with Crippen molar-refractivity contribution >= 4 is 17.9 Å². The van der Waals surface area contributed by atoms with Crippen LogP contribution >= 0.6 is 0 Å². The van der Waals surface area contributed by atoms with Crippen molar-refractivity contribution in [3.8, 4) is 11.5 Å². The van der Waals surface area contributed by atoms with Gasteiger partial charge in [0.25, 0.3) is 0 Å². The second-order valence-electron chi connectivity index (χ2n) is 10.2. The summed E-state index contributed by atoms with van der Waals surface area (Å²) in [5, 5.41) is 2.86. The number of likely N-dealkylation sites (tertiary alicyclic amines) is 1. The molecule has 0 saturated carbocycles. The maximum Gasteiger partial charge on any atom is 0.330 e. The van der Waals surface area contributed by atoms with Crippen LogP contribution in [0.2, 0.25) is 0 Å². The topological polar surface area (TPSA) is 94.2 Å². The quantitative estimate of drug-likeness (QED) is 0.255. The molecule has 40 heavy (non-hydrogen) atoms. The number of ether oxygens (including phenoxy) is 3. The summed E-state index contributed by atoms with van der Waals surface area (Å²) in [6.45, 7) is 3.60. The van der Waals surface area contributed by atoms with Crippen molar-refractivity contribution in [1.82, 2.24) is 10.2 Å². The molecule has 1 aliphatic heterocycles. The molecule has 210 valence electrons. The van der Waals surface area contributed by atoms with E-state index in [0.717, 1.165) is 33.8 Å². The first kappa shape index (κ1) is 28.7. The number of methoxy groups -OCH3 is 2. The zero-order chi connectivity index (χ0) is 28.7. The van der Waals surface area contributed by atoms with Crippen molar-refractivity contribution in [2.75, 3.05) is 14.2 Å². The highest BCUT2D eigenvalue weighted by Gasteiger charge is 2.63. The molecule has 8 heteroatoms. The molecule has 3 unspecified atom stereocenters. The largest absolute Gasteiger partial charge is 0.497 e. The zero-order valence-electron chi connectivity index (χ0n) is 23.4. The van der Waals surface area contributed by atoms with Gasteiger partial charge in [-0.25, -0.2) is 14.5 Å². The fraction of sp³-hybridized carbons (Fsp3) is 0.344. The first-order valence-electron chi connectivity index (χ1n) is 13.4. The van der Waals surface area contributed by atoms with E-state index < -0.39 is 23.5 Å². The van der Waals surface area contributed by atoms with Crippen LogP contribution < -0.4 is 14.8 Å². The number of β-lactam (4-membered cyclic amide) rings is 1. The van der Waals surface area contributed by atoms with E-state index >= 15 is 0 Å². The molecule has 8 nitrogen and oxygen atoms in total. The molecule has 0 aliphatic carbocycles. The number of carbonyl (C=O) groups is 3. The van der Waals surface area contributed by atoms with E-state index in [0.29, 0.717) is 18.6 Å². The Balaban J connectivity index is 1.47. The molecule has 1 N–H and O–H groups in total. The molecule has 3 atom stereocenters. The molecular weight excluding hydrogens is 508 g/mol. The van der Waals surface area contributed by atoms with Gasteiger partial charge in [0.2, 0.25) is 5.91 Å². The van der Waals surface area contributed by atoms with Gasteiger partial charge >= 0.3 is 12.0 Å². The van der Waals surface area contributed by atoms with Crippen LogP contribution in [-0.2, 0) is 27.4 Å². The standard InChI is InChI=1S/C32H36N2O6/c1-22(25-10-6-5-7-11-25)33-31(37)34-28(29(35)40-21-24-14-18-27(39-4)19-15-24)32(2,30(34)36)20-8-9-23-12-16-26(38-3)17-13-23/h5-7,10-19,22,28H,8-9,20-21H2,1-4H3,(H,33,37). The number of rotatable bonds is 11. The van der Waals surface area contributed by atoms with Crippen LogP contribution in [0, 0.1) is 5.41 Å². The summed E-state index contributed by atoms with van der Waals surface area (Å²) >= 11 is 0. The van der Waals surface area contributed by atoms with E-state index in [9.17, 15) is 14.4 Å². The highest BCUT2D eigenvalue weighted by Crippen LogP contribution is 2.44. The summed E-state index contributed by atoms with van der Waals surface area (Å²) < 4.78 is 16.0. The van der Waals surface area contributed by atoms with Crippen LogP contribution in [0.5, 0.6) is 11.5 Å². The zero-order valence-corrected chi connectivity index (χ0v) is 23.4. The van der Waals surface area contributed by atoms with Crippen molar-refractivity contribution in [2.24, 2.45) is 5.41 Å². The number of nitrogens with zero attached hydrogens (tertiary/aromatic N) is 1. The molecule has 0 spiro atoms. The number of nitrogens with one attached hydrogen (secondary N) is 1. The third kappa shape index (κ3) is 6.28. The lowest BCUT2D eigenvalue weighted by Gasteiger charge is -2.51. The summed E-state index contributed by atoms with van der Waals surface area (Å²) in [5.41, 5.74) is 1.71. The molecule has 1 aliphatic rings. The second-order valence-corrected chi connectivity index (χ2v) is 10.2. The number of imide groups is 1. The summed E-state index contributed by atoms with van der Waals surface area (Å²) in [4.78, 5) is 41.2. The Kier molecular flexibility index (Phi) is 9.09. The minimum Gasteiger partial charge on any atom is -0.497 e. The number of carbonyl (C=O) groups excluding carboxylic acids is 3. The highest BCUT2D eigenvalue weighted by molar-refractivity contribution is 6.10. The van der Waals surface area contributed by atoms with Gasteiger partial charge in [0.05, 0.1) is 25.7 Å². The number of esters is 1. The summed E-state index contributed by atoms with van der Waals surface area (Å²) in [7, 11) is 3.20. The Morgan fingerprint density at radius 2 is 1.48 bits per heavy atom. The lowest BCUT2D eigenvalue weighted by Crippen LogP contribution is -2.73. The SMILES string of the molecule is COc1ccc(CCCC2(C)C(=O)N(C(=O)NC(C)c3ccccc3)C2C(=O)OCc2ccc(OC)cc2)cc1. The van der Waals surface area contributed by atoms with E-state index in [1.807, 2.05) is 61.5 Å². The summed E-state index contributed by atoms with van der Waals surface area (Å²) in [6, 6.07) is 22.4. The fourth-order valence-electron chi connectivity index (χ4n) is 5.03. The van der Waals surface area contributed by atoms with E-state index in [1.54, 1.807) is 45.4 Å². The third-order valence-corrected chi connectivity index (χ3v) is 7.51. The molecule has 1 saturated heterocycles. The van der Waals surface area contributed by atoms with E-state index in [-0.39, 0.29) is 18.6 Å². The fourth-order valence-corrected chi connectivity index (χ4v) is 5.03. The van der Waals surface area contributed by atoms with Gasteiger partial charge < -0.3 is 19.5 Å². The maximum absolute atomic E-state index is 13.5. The van der Waals surface area contributed by atoms with Gasteiger partial charge in [0, 0.05) is 0 Å². The van der Waals surface area contributed by atoms with Crippen molar-refractivity contribution in [3.63, 3.8) is 0 Å². The van der Waals surface area contributed by atoms with Crippen molar-refractivity contribution in [1.29, 1.82) is 0 Å². The number of hydrogen-bond acceptors (Lipinski definition) is 6.